The zero-order chi connectivity index (χ0) is 23.2. The Morgan fingerprint density at radius 1 is 0.812 bits per heavy atom. The largest absolute Gasteiger partial charge is 0.249 e. The molecule has 32 heavy (non-hydrogen) atoms. The average Bonchev–Trinajstić information content (AvgIpc) is 3.60. The van der Waals surface area contributed by atoms with E-state index in [1.54, 1.807) is 24.3 Å². The molecular formula is C23H18F5NO2S. The molecule has 1 saturated carbocycles. The molecule has 3 nitrogen and oxygen atoms in total. The Morgan fingerprint density at radius 2 is 1.34 bits per heavy atom. The first-order valence-electron chi connectivity index (χ1n) is 9.81. The SMILES string of the molecule is Cc1ccccc1-c1ccc(CN(C2CC2)S(=O)(=O)c2c(F)c(F)c(F)c(F)c2F)cc1. The molecule has 1 aliphatic rings. The first kappa shape index (κ1) is 22.4. The topological polar surface area (TPSA) is 37.4 Å². The average molecular weight is 467 g/mol. The molecular weight excluding hydrogens is 449 g/mol. The molecule has 0 amide bonds. The van der Waals surface area contributed by atoms with Crippen molar-refractivity contribution < 1.29 is 30.4 Å². The van der Waals surface area contributed by atoms with Crippen LogP contribution in [0.4, 0.5) is 22.0 Å². The van der Waals surface area contributed by atoms with Crippen LogP contribution in [0.2, 0.25) is 0 Å². The summed E-state index contributed by atoms with van der Waals surface area (Å²) in [5.41, 5.74) is 3.45. The van der Waals surface area contributed by atoms with Gasteiger partial charge in [-0.1, -0.05) is 48.5 Å². The van der Waals surface area contributed by atoms with Gasteiger partial charge in [-0.2, -0.15) is 4.31 Å². The number of aryl methyl sites for hydroxylation is 1. The molecule has 0 heterocycles. The van der Waals surface area contributed by atoms with Gasteiger partial charge in [0.1, 0.15) is 0 Å². The number of hydrogen-bond donors (Lipinski definition) is 0. The van der Waals surface area contributed by atoms with Gasteiger partial charge in [0, 0.05) is 12.6 Å². The Kier molecular flexibility index (Phi) is 5.81. The molecule has 0 aliphatic heterocycles. The highest BCUT2D eigenvalue weighted by Crippen LogP contribution is 2.37. The highest BCUT2D eigenvalue weighted by Gasteiger charge is 2.43. The fourth-order valence-corrected chi connectivity index (χ4v) is 5.36. The lowest BCUT2D eigenvalue weighted by Crippen LogP contribution is -2.34. The Labute approximate surface area is 182 Å². The van der Waals surface area contributed by atoms with Crippen molar-refractivity contribution >= 4 is 10.0 Å². The zero-order valence-electron chi connectivity index (χ0n) is 16.9. The molecule has 3 aromatic carbocycles. The Hall–Kier alpha value is -2.78. The molecule has 0 atom stereocenters. The van der Waals surface area contributed by atoms with Gasteiger partial charge in [0.05, 0.1) is 0 Å². The van der Waals surface area contributed by atoms with Crippen molar-refractivity contribution in [3.05, 3.63) is 88.7 Å². The quantitative estimate of drug-likeness (QED) is 0.265. The van der Waals surface area contributed by atoms with Crippen molar-refractivity contribution in [2.24, 2.45) is 0 Å². The summed E-state index contributed by atoms with van der Waals surface area (Å²) in [6.07, 6.45) is 0.853. The summed E-state index contributed by atoms with van der Waals surface area (Å²) in [6, 6.07) is 14.0. The summed E-state index contributed by atoms with van der Waals surface area (Å²) in [5, 5.41) is 0. The molecule has 0 bridgehead atoms. The minimum Gasteiger partial charge on any atom is -0.207 e. The van der Waals surface area contributed by atoms with Crippen molar-refractivity contribution in [1.29, 1.82) is 0 Å². The number of halogens is 5. The van der Waals surface area contributed by atoms with Crippen LogP contribution >= 0.6 is 0 Å². The van der Waals surface area contributed by atoms with E-state index in [0.29, 0.717) is 18.4 Å². The highest BCUT2D eigenvalue weighted by atomic mass is 32.2. The van der Waals surface area contributed by atoms with Gasteiger partial charge in [0.25, 0.3) is 0 Å². The monoisotopic (exact) mass is 467 g/mol. The number of hydrogen-bond acceptors (Lipinski definition) is 2. The summed E-state index contributed by atoms with van der Waals surface area (Å²) in [7, 11) is -4.99. The number of benzene rings is 3. The zero-order valence-corrected chi connectivity index (χ0v) is 17.7. The van der Waals surface area contributed by atoms with Gasteiger partial charge in [-0.05, 0) is 42.0 Å². The number of sulfonamides is 1. The lowest BCUT2D eigenvalue weighted by atomic mass is 10.00. The van der Waals surface area contributed by atoms with Gasteiger partial charge in [0.2, 0.25) is 15.8 Å². The van der Waals surface area contributed by atoms with Crippen molar-refractivity contribution in [3.8, 4) is 11.1 Å². The van der Waals surface area contributed by atoms with Crippen molar-refractivity contribution in [1.82, 2.24) is 4.31 Å². The second-order valence-corrected chi connectivity index (χ2v) is 9.52. The van der Waals surface area contributed by atoms with E-state index in [9.17, 15) is 30.4 Å². The summed E-state index contributed by atoms with van der Waals surface area (Å²) < 4.78 is 95.9. The van der Waals surface area contributed by atoms with E-state index in [2.05, 4.69) is 0 Å². The maximum Gasteiger partial charge on any atom is 0.249 e. The van der Waals surface area contributed by atoms with Crippen LogP contribution in [0.1, 0.15) is 24.0 Å². The van der Waals surface area contributed by atoms with Crippen LogP contribution in [0, 0.1) is 36.0 Å². The minimum absolute atomic E-state index is 0.263. The van der Waals surface area contributed by atoms with E-state index in [1.807, 2.05) is 31.2 Å². The first-order valence-corrected chi connectivity index (χ1v) is 11.2. The summed E-state index contributed by atoms with van der Waals surface area (Å²) in [5.74, 6) is -11.7. The molecule has 168 valence electrons. The van der Waals surface area contributed by atoms with Crippen LogP contribution in [0.25, 0.3) is 11.1 Å². The summed E-state index contributed by atoms with van der Waals surface area (Å²) in [4.78, 5) is -1.82. The maximum absolute atomic E-state index is 14.2. The van der Waals surface area contributed by atoms with Gasteiger partial charge < -0.3 is 0 Å². The van der Waals surface area contributed by atoms with Gasteiger partial charge in [0.15, 0.2) is 28.2 Å². The van der Waals surface area contributed by atoms with Crippen LogP contribution in [0.3, 0.4) is 0 Å². The lowest BCUT2D eigenvalue weighted by Gasteiger charge is -2.23. The minimum atomic E-state index is -4.99. The van der Waals surface area contributed by atoms with Crippen LogP contribution in [0.15, 0.2) is 53.4 Å². The normalized spacial score (nSPS) is 14.2. The third kappa shape index (κ3) is 3.91. The highest BCUT2D eigenvalue weighted by molar-refractivity contribution is 7.89. The molecule has 4 rings (SSSR count). The molecule has 0 unspecified atom stereocenters. The predicted octanol–water partition coefficient (Wildman–Crippen LogP) is 5.71. The Balaban J connectivity index is 1.69. The maximum atomic E-state index is 14.2. The molecule has 0 N–H and O–H groups in total. The van der Waals surface area contributed by atoms with Gasteiger partial charge >= 0.3 is 0 Å². The third-order valence-electron chi connectivity index (χ3n) is 5.44. The Bertz CT molecular complexity index is 1260. The predicted molar refractivity (Wildman–Crippen MR) is 109 cm³/mol. The molecule has 9 heteroatoms. The van der Waals surface area contributed by atoms with Crippen molar-refractivity contribution in [3.63, 3.8) is 0 Å². The number of nitrogens with zero attached hydrogens (tertiary/aromatic N) is 1. The van der Waals surface area contributed by atoms with E-state index >= 15 is 0 Å². The van der Waals surface area contributed by atoms with E-state index in [1.165, 1.54) is 0 Å². The van der Waals surface area contributed by atoms with Crippen molar-refractivity contribution in [2.75, 3.05) is 0 Å². The van der Waals surface area contributed by atoms with Gasteiger partial charge in [-0.3, -0.25) is 0 Å². The van der Waals surface area contributed by atoms with E-state index in [4.69, 9.17) is 0 Å². The molecule has 0 aromatic heterocycles. The molecule has 0 radical (unpaired) electrons. The standard InChI is InChI=1S/C23H18F5NO2S/c1-13-4-2-3-5-17(13)15-8-6-14(7-9-15)12-29(16-10-11-16)32(30,31)23-21(27)19(25)18(24)20(26)22(23)28/h2-9,16H,10-12H2,1H3. The fraction of sp³-hybridized carbons (Fsp3) is 0.217. The van der Waals surface area contributed by atoms with Crippen LogP contribution in [-0.4, -0.2) is 18.8 Å². The summed E-state index contributed by atoms with van der Waals surface area (Å²) in [6.45, 7) is 1.69. The molecule has 3 aromatic rings. The third-order valence-corrected chi connectivity index (χ3v) is 7.36. The molecule has 1 fully saturated rings. The Morgan fingerprint density at radius 3 is 1.88 bits per heavy atom. The van der Waals surface area contributed by atoms with E-state index in [0.717, 1.165) is 21.0 Å². The smallest absolute Gasteiger partial charge is 0.207 e. The molecule has 1 aliphatic carbocycles. The second-order valence-electron chi connectivity index (χ2n) is 7.69. The van der Waals surface area contributed by atoms with Gasteiger partial charge in [-0.25, -0.2) is 30.4 Å². The molecule has 0 spiro atoms. The number of rotatable bonds is 6. The summed E-state index contributed by atoms with van der Waals surface area (Å²) >= 11 is 0. The van der Waals surface area contributed by atoms with E-state index < -0.39 is 50.0 Å². The van der Waals surface area contributed by atoms with Crippen LogP contribution in [-0.2, 0) is 16.6 Å². The second kappa shape index (κ2) is 8.29. The van der Waals surface area contributed by atoms with Crippen LogP contribution in [0.5, 0.6) is 0 Å². The van der Waals surface area contributed by atoms with Gasteiger partial charge in [-0.15, -0.1) is 0 Å². The first-order chi connectivity index (χ1) is 15.1. The van der Waals surface area contributed by atoms with Crippen LogP contribution < -0.4 is 0 Å². The van der Waals surface area contributed by atoms with Crippen molar-refractivity contribution in [2.45, 2.75) is 37.2 Å². The fourth-order valence-electron chi connectivity index (χ4n) is 3.57. The lowest BCUT2D eigenvalue weighted by molar-refractivity contribution is 0.346. The van der Waals surface area contributed by atoms with E-state index in [-0.39, 0.29) is 6.54 Å². The molecule has 0 saturated heterocycles.